The summed E-state index contributed by atoms with van der Waals surface area (Å²) in [5.41, 5.74) is 2.81. The fourth-order valence-corrected chi connectivity index (χ4v) is 4.13. The van der Waals surface area contributed by atoms with Gasteiger partial charge in [0.05, 0.1) is 13.2 Å². The molecule has 1 heterocycles. The highest BCUT2D eigenvalue weighted by Crippen LogP contribution is 2.16. The highest BCUT2D eigenvalue weighted by molar-refractivity contribution is 7.09. The molecule has 0 spiro atoms. The molecule has 3 aromatic rings. The molecule has 3 rings (SSSR count). The summed E-state index contributed by atoms with van der Waals surface area (Å²) in [7, 11) is 1.60. The lowest BCUT2D eigenvalue weighted by molar-refractivity contribution is -0.133. The monoisotopic (exact) mass is 450 g/mol. The first-order valence-corrected chi connectivity index (χ1v) is 11.7. The van der Waals surface area contributed by atoms with Crippen molar-refractivity contribution in [2.75, 3.05) is 26.8 Å². The van der Waals surface area contributed by atoms with Crippen LogP contribution in [0.5, 0.6) is 0 Å². The number of carbonyl (C=O) groups is 2. The quantitative estimate of drug-likeness (QED) is 0.428. The molecule has 0 aliphatic carbocycles. The van der Waals surface area contributed by atoms with E-state index in [1.807, 2.05) is 77.0 Å². The van der Waals surface area contributed by atoms with Crippen molar-refractivity contribution in [2.45, 2.75) is 26.4 Å². The van der Waals surface area contributed by atoms with Crippen molar-refractivity contribution < 1.29 is 14.3 Å². The maximum atomic E-state index is 13.4. The molecule has 32 heavy (non-hydrogen) atoms. The summed E-state index contributed by atoms with van der Waals surface area (Å²) >= 11 is 1.62. The van der Waals surface area contributed by atoms with Crippen molar-refractivity contribution in [3.8, 4) is 0 Å². The fourth-order valence-electron chi connectivity index (χ4n) is 3.41. The Kier molecular flexibility index (Phi) is 9.01. The van der Waals surface area contributed by atoms with Crippen molar-refractivity contribution in [2.24, 2.45) is 0 Å². The molecule has 5 nitrogen and oxygen atoms in total. The highest BCUT2D eigenvalue weighted by atomic mass is 32.1. The van der Waals surface area contributed by atoms with Crippen LogP contribution in [0.3, 0.4) is 0 Å². The van der Waals surface area contributed by atoms with E-state index in [0.717, 1.165) is 16.9 Å². The minimum Gasteiger partial charge on any atom is -0.383 e. The molecule has 1 aromatic heterocycles. The molecule has 0 saturated heterocycles. The van der Waals surface area contributed by atoms with Gasteiger partial charge in [-0.05, 0) is 41.1 Å². The first-order valence-electron chi connectivity index (χ1n) is 10.8. The van der Waals surface area contributed by atoms with E-state index < -0.39 is 0 Å². The predicted molar refractivity (Wildman–Crippen MR) is 129 cm³/mol. The van der Waals surface area contributed by atoms with Gasteiger partial charge in [-0.2, -0.15) is 0 Å². The number of thiophene rings is 1. The second-order valence-electron chi connectivity index (χ2n) is 7.58. The molecule has 0 radical (unpaired) electrons. The zero-order chi connectivity index (χ0) is 22.8. The largest absolute Gasteiger partial charge is 0.383 e. The highest BCUT2D eigenvalue weighted by Gasteiger charge is 2.23. The van der Waals surface area contributed by atoms with Crippen LogP contribution >= 0.6 is 11.3 Å². The van der Waals surface area contributed by atoms with Crippen LogP contribution < -0.4 is 0 Å². The van der Waals surface area contributed by atoms with Gasteiger partial charge in [0.25, 0.3) is 5.91 Å². The number of carbonyl (C=O) groups excluding carboxylic acids is 2. The van der Waals surface area contributed by atoms with Crippen LogP contribution in [0.2, 0.25) is 0 Å². The lowest BCUT2D eigenvalue weighted by Gasteiger charge is -2.27. The lowest BCUT2D eigenvalue weighted by atomic mass is 10.1. The Labute approximate surface area is 194 Å². The van der Waals surface area contributed by atoms with Crippen molar-refractivity contribution in [3.63, 3.8) is 0 Å². The molecule has 168 valence electrons. The Morgan fingerprint density at radius 2 is 1.62 bits per heavy atom. The van der Waals surface area contributed by atoms with E-state index in [1.165, 1.54) is 5.56 Å². The van der Waals surface area contributed by atoms with Crippen LogP contribution in [0.25, 0.3) is 0 Å². The summed E-state index contributed by atoms with van der Waals surface area (Å²) in [6.07, 6.45) is 0.914. The summed E-state index contributed by atoms with van der Waals surface area (Å²) < 4.78 is 5.20. The second-order valence-corrected chi connectivity index (χ2v) is 8.62. The van der Waals surface area contributed by atoms with Gasteiger partial charge in [0.2, 0.25) is 5.91 Å². The second kappa shape index (κ2) is 12.2. The van der Waals surface area contributed by atoms with Crippen molar-refractivity contribution in [3.05, 3.63) is 93.7 Å². The average Bonchev–Trinajstić information content (AvgIpc) is 3.34. The number of amides is 2. The van der Waals surface area contributed by atoms with Crippen LogP contribution in [0.15, 0.2) is 72.1 Å². The van der Waals surface area contributed by atoms with Gasteiger partial charge in [-0.1, -0.05) is 55.5 Å². The number of methoxy groups -OCH3 is 1. The molecule has 0 bridgehead atoms. The first kappa shape index (κ1) is 23.7. The van der Waals surface area contributed by atoms with E-state index in [-0.39, 0.29) is 18.4 Å². The summed E-state index contributed by atoms with van der Waals surface area (Å²) in [6.45, 7) is 3.83. The molecule has 0 unspecified atom stereocenters. The van der Waals surface area contributed by atoms with E-state index in [4.69, 9.17) is 4.74 Å². The number of hydrogen-bond donors (Lipinski definition) is 0. The summed E-state index contributed by atoms with van der Waals surface area (Å²) in [6, 6.07) is 21.5. The number of benzene rings is 2. The normalized spacial score (nSPS) is 10.7. The minimum atomic E-state index is -0.158. The Morgan fingerprint density at radius 3 is 2.25 bits per heavy atom. The first-order chi connectivity index (χ1) is 15.6. The molecule has 0 atom stereocenters. The molecular formula is C26H30N2O3S. The van der Waals surface area contributed by atoms with Crippen LogP contribution in [0.4, 0.5) is 0 Å². The number of nitrogens with zero attached hydrogens (tertiary/aromatic N) is 2. The molecule has 0 fully saturated rings. The molecular weight excluding hydrogens is 420 g/mol. The summed E-state index contributed by atoms with van der Waals surface area (Å²) in [5, 5.41) is 2.01. The molecule has 0 saturated carbocycles. The maximum absolute atomic E-state index is 13.4. The zero-order valence-corrected chi connectivity index (χ0v) is 19.5. The Balaban J connectivity index is 1.77. The fraction of sp³-hybridized carbons (Fsp3) is 0.308. The van der Waals surface area contributed by atoms with E-state index in [0.29, 0.717) is 31.8 Å². The van der Waals surface area contributed by atoms with Gasteiger partial charge in [0.15, 0.2) is 0 Å². The molecule has 2 aromatic carbocycles. The summed E-state index contributed by atoms with van der Waals surface area (Å²) in [4.78, 5) is 31.1. The third-order valence-corrected chi connectivity index (χ3v) is 6.14. The number of hydrogen-bond acceptors (Lipinski definition) is 4. The third-order valence-electron chi connectivity index (χ3n) is 5.28. The van der Waals surface area contributed by atoms with Crippen molar-refractivity contribution in [1.82, 2.24) is 9.80 Å². The van der Waals surface area contributed by atoms with Crippen LogP contribution in [-0.4, -0.2) is 48.4 Å². The van der Waals surface area contributed by atoms with Gasteiger partial charge in [0, 0.05) is 30.6 Å². The smallest absolute Gasteiger partial charge is 0.254 e. The summed E-state index contributed by atoms with van der Waals surface area (Å²) in [5.74, 6) is -0.245. The predicted octanol–water partition coefficient (Wildman–Crippen LogP) is 4.63. The third kappa shape index (κ3) is 6.77. The molecule has 0 N–H and O–H groups in total. The van der Waals surface area contributed by atoms with Crippen molar-refractivity contribution >= 4 is 23.2 Å². The van der Waals surface area contributed by atoms with Crippen molar-refractivity contribution in [1.29, 1.82) is 0 Å². The molecule has 0 aliphatic heterocycles. The Morgan fingerprint density at radius 1 is 0.875 bits per heavy atom. The number of aryl methyl sites for hydroxylation is 1. The maximum Gasteiger partial charge on any atom is 0.254 e. The Hall–Kier alpha value is -2.96. The number of ether oxygens (including phenoxy) is 1. The topological polar surface area (TPSA) is 49.9 Å². The van der Waals surface area contributed by atoms with E-state index in [1.54, 1.807) is 23.3 Å². The lowest BCUT2D eigenvalue weighted by Crippen LogP contribution is -2.43. The Bertz CT molecular complexity index is 972. The molecule has 0 aliphatic rings. The molecule has 6 heteroatoms. The van der Waals surface area contributed by atoms with Crippen LogP contribution in [-0.2, 0) is 29.0 Å². The standard InChI is InChI=1S/C26H30N2O3S/c1-3-21-11-13-23(14-12-21)26(30)27(15-16-31-2)20-25(29)28(19-24-10-7-17-32-24)18-22-8-5-4-6-9-22/h4-14,17H,3,15-16,18-20H2,1-2H3. The van der Waals surface area contributed by atoms with Gasteiger partial charge in [-0.15, -0.1) is 11.3 Å². The average molecular weight is 451 g/mol. The minimum absolute atomic E-state index is 0.00985. The van der Waals surface area contributed by atoms with E-state index in [2.05, 4.69) is 6.92 Å². The van der Waals surface area contributed by atoms with Crippen LogP contribution in [0.1, 0.15) is 33.3 Å². The van der Waals surface area contributed by atoms with E-state index >= 15 is 0 Å². The van der Waals surface area contributed by atoms with E-state index in [9.17, 15) is 9.59 Å². The SMILES string of the molecule is CCc1ccc(C(=O)N(CCOC)CC(=O)N(Cc2ccccc2)Cc2cccs2)cc1. The van der Waals surface area contributed by atoms with Gasteiger partial charge >= 0.3 is 0 Å². The molecule has 2 amide bonds. The van der Waals surface area contributed by atoms with Crippen LogP contribution in [0, 0.1) is 0 Å². The van der Waals surface area contributed by atoms with Gasteiger partial charge < -0.3 is 14.5 Å². The van der Waals surface area contributed by atoms with Gasteiger partial charge in [-0.3, -0.25) is 9.59 Å². The van der Waals surface area contributed by atoms with Gasteiger partial charge in [-0.25, -0.2) is 0 Å². The number of rotatable bonds is 11. The van der Waals surface area contributed by atoms with Gasteiger partial charge in [0.1, 0.15) is 6.54 Å². The zero-order valence-electron chi connectivity index (χ0n) is 18.7.